The summed E-state index contributed by atoms with van der Waals surface area (Å²) in [5.74, 6) is 1.33. The molecule has 4 aromatic rings. The third-order valence-electron chi connectivity index (χ3n) is 4.23. The minimum Gasteiger partial charge on any atom is -0.455 e. The molecule has 0 atom stereocenters. The Balaban J connectivity index is 1.49. The van der Waals surface area contributed by atoms with Crippen LogP contribution in [-0.4, -0.2) is 20.4 Å². The smallest absolute Gasteiger partial charge is 0.291 e. The lowest BCUT2D eigenvalue weighted by molar-refractivity contribution is 0.0995. The van der Waals surface area contributed by atoms with Gasteiger partial charge < -0.3 is 14.3 Å². The molecule has 1 amide bonds. The molecule has 0 aliphatic rings. The first kappa shape index (κ1) is 17.4. The first-order chi connectivity index (χ1) is 13.1. The van der Waals surface area contributed by atoms with E-state index in [0.717, 1.165) is 27.4 Å². The van der Waals surface area contributed by atoms with Crippen LogP contribution in [0.3, 0.4) is 0 Å². The number of rotatable bonds is 5. The van der Waals surface area contributed by atoms with Gasteiger partial charge >= 0.3 is 0 Å². The number of nitrogens with zero attached hydrogens (tertiary/aromatic N) is 3. The summed E-state index contributed by atoms with van der Waals surface area (Å²) >= 11 is 1.56. The maximum absolute atomic E-state index is 12.6. The normalized spacial score (nSPS) is 11.0. The van der Waals surface area contributed by atoms with Gasteiger partial charge in [-0.3, -0.25) is 9.78 Å². The molecule has 0 aliphatic heterocycles. The summed E-state index contributed by atoms with van der Waals surface area (Å²) in [6, 6.07) is 11.2. The van der Waals surface area contributed by atoms with Crippen LogP contribution in [0.4, 0.5) is 5.69 Å². The van der Waals surface area contributed by atoms with Gasteiger partial charge in [-0.2, -0.15) is 0 Å². The molecule has 6 nitrogen and oxygen atoms in total. The molecule has 3 aromatic heterocycles. The molecule has 0 aliphatic carbocycles. The molecule has 7 heteroatoms. The molecular weight excluding hydrogens is 360 g/mol. The van der Waals surface area contributed by atoms with Gasteiger partial charge in [-0.25, -0.2) is 4.98 Å². The molecule has 0 unspecified atom stereocenters. The Hall–Kier alpha value is -3.06. The highest BCUT2D eigenvalue weighted by atomic mass is 32.2. The number of hydrogen-bond acceptors (Lipinski definition) is 5. The lowest BCUT2D eigenvalue weighted by Gasteiger charge is -2.09. The Morgan fingerprint density at radius 3 is 2.89 bits per heavy atom. The predicted octanol–water partition coefficient (Wildman–Crippen LogP) is 4.41. The lowest BCUT2D eigenvalue weighted by atomic mass is 10.1. The van der Waals surface area contributed by atoms with Gasteiger partial charge in [0.05, 0.1) is 17.0 Å². The topological polar surface area (TPSA) is 73.0 Å². The molecule has 0 bridgehead atoms. The minimum absolute atomic E-state index is 0.280. The maximum Gasteiger partial charge on any atom is 0.291 e. The van der Waals surface area contributed by atoms with Crippen LogP contribution in [0.15, 0.2) is 64.6 Å². The number of pyridine rings is 1. The molecule has 0 spiro atoms. The number of nitrogens with one attached hydrogen (secondary N) is 1. The number of benzene rings is 1. The SMILES string of the molecule is Cc1ccc(NC(=O)c2ccc(CSc3nccn3C)o2)c2cccnc12. The molecule has 0 saturated carbocycles. The zero-order valence-corrected chi connectivity index (χ0v) is 15.8. The van der Waals surface area contributed by atoms with E-state index in [-0.39, 0.29) is 11.7 Å². The van der Waals surface area contributed by atoms with Gasteiger partial charge in [0.15, 0.2) is 10.9 Å². The fraction of sp³-hybridized carbons (Fsp3) is 0.150. The summed E-state index contributed by atoms with van der Waals surface area (Å²) in [6.07, 6.45) is 5.40. The number of furan rings is 1. The first-order valence-electron chi connectivity index (χ1n) is 8.46. The van der Waals surface area contributed by atoms with Crippen molar-refractivity contribution in [1.82, 2.24) is 14.5 Å². The van der Waals surface area contributed by atoms with Crippen LogP contribution < -0.4 is 5.32 Å². The molecule has 1 N–H and O–H groups in total. The van der Waals surface area contributed by atoms with Gasteiger partial charge in [0.2, 0.25) is 0 Å². The van der Waals surface area contributed by atoms with Crippen LogP contribution in [0.2, 0.25) is 0 Å². The quantitative estimate of drug-likeness (QED) is 0.521. The average Bonchev–Trinajstić information content (AvgIpc) is 3.31. The van der Waals surface area contributed by atoms with Gasteiger partial charge in [-0.05, 0) is 42.8 Å². The van der Waals surface area contributed by atoms with E-state index in [2.05, 4.69) is 15.3 Å². The fourth-order valence-electron chi connectivity index (χ4n) is 2.81. The van der Waals surface area contributed by atoms with Crippen LogP contribution in [0.5, 0.6) is 0 Å². The van der Waals surface area contributed by atoms with Crippen molar-refractivity contribution in [2.75, 3.05) is 5.32 Å². The molecule has 0 fully saturated rings. The molecule has 27 heavy (non-hydrogen) atoms. The molecule has 3 heterocycles. The standard InChI is InChI=1S/C20H18N4O2S/c1-13-5-7-16(15-4-3-9-21-18(13)15)23-19(25)17-8-6-14(26-17)12-27-20-22-10-11-24(20)2/h3-11H,12H2,1-2H3,(H,23,25). The summed E-state index contributed by atoms with van der Waals surface area (Å²) in [4.78, 5) is 21.3. The maximum atomic E-state index is 12.6. The summed E-state index contributed by atoms with van der Waals surface area (Å²) in [5, 5.41) is 4.73. The van der Waals surface area contributed by atoms with Crippen LogP contribution in [0.1, 0.15) is 21.9 Å². The van der Waals surface area contributed by atoms with Gasteiger partial charge in [0.1, 0.15) is 5.76 Å². The van der Waals surface area contributed by atoms with Crippen molar-refractivity contribution in [3.8, 4) is 0 Å². The number of aromatic nitrogens is 3. The lowest BCUT2D eigenvalue weighted by Crippen LogP contribution is -2.11. The number of hydrogen-bond donors (Lipinski definition) is 1. The van der Waals surface area contributed by atoms with E-state index in [1.54, 1.807) is 30.2 Å². The summed E-state index contributed by atoms with van der Waals surface area (Å²) in [6.45, 7) is 2.00. The van der Waals surface area contributed by atoms with Crippen molar-refractivity contribution < 1.29 is 9.21 Å². The van der Waals surface area contributed by atoms with E-state index >= 15 is 0 Å². The number of anilines is 1. The zero-order valence-electron chi connectivity index (χ0n) is 15.0. The molecule has 136 valence electrons. The van der Waals surface area contributed by atoms with Crippen LogP contribution in [0.25, 0.3) is 10.9 Å². The Morgan fingerprint density at radius 2 is 2.07 bits per heavy atom. The van der Waals surface area contributed by atoms with Crippen LogP contribution in [-0.2, 0) is 12.8 Å². The van der Waals surface area contributed by atoms with Gasteiger partial charge in [-0.1, -0.05) is 17.8 Å². The molecule has 4 rings (SSSR count). The predicted molar refractivity (Wildman–Crippen MR) is 106 cm³/mol. The Kier molecular flexibility index (Phi) is 4.68. The monoisotopic (exact) mass is 378 g/mol. The highest BCUT2D eigenvalue weighted by Crippen LogP contribution is 2.26. The third kappa shape index (κ3) is 3.59. The largest absolute Gasteiger partial charge is 0.455 e. The van der Waals surface area contributed by atoms with Gasteiger partial charge in [0, 0.05) is 31.0 Å². The second-order valence-corrected chi connectivity index (χ2v) is 7.10. The summed E-state index contributed by atoms with van der Waals surface area (Å²) in [5.41, 5.74) is 2.66. The Morgan fingerprint density at radius 1 is 1.19 bits per heavy atom. The molecule has 1 aromatic carbocycles. The van der Waals surface area contributed by atoms with Crippen molar-refractivity contribution in [1.29, 1.82) is 0 Å². The molecular formula is C20H18N4O2S. The van der Waals surface area contributed by atoms with Crippen molar-refractivity contribution in [2.24, 2.45) is 7.05 Å². The number of amides is 1. The van der Waals surface area contributed by atoms with E-state index in [1.807, 2.05) is 55.1 Å². The fourth-order valence-corrected chi connectivity index (χ4v) is 3.64. The van der Waals surface area contributed by atoms with E-state index in [4.69, 9.17) is 4.42 Å². The summed E-state index contributed by atoms with van der Waals surface area (Å²) in [7, 11) is 1.94. The molecule has 0 saturated heterocycles. The number of imidazole rings is 1. The number of thioether (sulfide) groups is 1. The Bertz CT molecular complexity index is 1120. The number of fused-ring (bicyclic) bond motifs is 1. The van der Waals surface area contributed by atoms with E-state index in [1.165, 1.54) is 0 Å². The van der Waals surface area contributed by atoms with Crippen molar-refractivity contribution in [2.45, 2.75) is 17.8 Å². The van der Waals surface area contributed by atoms with Crippen molar-refractivity contribution in [3.05, 3.63) is 72.1 Å². The van der Waals surface area contributed by atoms with Crippen LogP contribution >= 0.6 is 11.8 Å². The number of carbonyl (C=O) groups is 1. The van der Waals surface area contributed by atoms with Crippen molar-refractivity contribution in [3.63, 3.8) is 0 Å². The average molecular weight is 378 g/mol. The molecule has 0 radical (unpaired) electrons. The second-order valence-electron chi connectivity index (χ2n) is 6.16. The van der Waals surface area contributed by atoms with Crippen LogP contribution in [0, 0.1) is 6.92 Å². The van der Waals surface area contributed by atoms with Gasteiger partial charge in [-0.15, -0.1) is 0 Å². The summed E-state index contributed by atoms with van der Waals surface area (Å²) < 4.78 is 7.65. The highest BCUT2D eigenvalue weighted by molar-refractivity contribution is 7.98. The van der Waals surface area contributed by atoms with E-state index in [0.29, 0.717) is 11.4 Å². The first-order valence-corrected chi connectivity index (χ1v) is 9.45. The third-order valence-corrected chi connectivity index (χ3v) is 5.31. The zero-order chi connectivity index (χ0) is 18.8. The number of aryl methyl sites for hydroxylation is 2. The van der Waals surface area contributed by atoms with Crippen molar-refractivity contribution >= 4 is 34.3 Å². The van der Waals surface area contributed by atoms with E-state index < -0.39 is 0 Å². The minimum atomic E-state index is -0.280. The Labute approximate surface area is 160 Å². The highest BCUT2D eigenvalue weighted by Gasteiger charge is 2.14. The second kappa shape index (κ2) is 7.28. The number of carbonyl (C=O) groups excluding carboxylic acids is 1. The van der Waals surface area contributed by atoms with E-state index in [9.17, 15) is 4.79 Å². The van der Waals surface area contributed by atoms with Gasteiger partial charge in [0.25, 0.3) is 5.91 Å².